The lowest BCUT2D eigenvalue weighted by molar-refractivity contribution is -0.384. The second-order valence-electron chi connectivity index (χ2n) is 7.34. The molecule has 1 heterocycles. The minimum atomic E-state index is -0.701. The molecule has 2 amide bonds. The SMILES string of the molecule is CCCN(CC(=O)Nc1ccccc1C)C(=O)COC(=O)c1cc2cc([N+](=O)[O-])ccc2s1. The summed E-state index contributed by atoms with van der Waals surface area (Å²) in [6.07, 6.45) is 0.631. The molecule has 172 valence electrons. The van der Waals surface area contributed by atoms with Crippen LogP contribution in [-0.2, 0) is 14.3 Å². The summed E-state index contributed by atoms with van der Waals surface area (Å²) < 4.78 is 5.85. The summed E-state index contributed by atoms with van der Waals surface area (Å²) in [4.78, 5) is 49.5. The van der Waals surface area contributed by atoms with E-state index in [2.05, 4.69) is 5.32 Å². The first-order chi connectivity index (χ1) is 15.8. The first-order valence-electron chi connectivity index (χ1n) is 10.3. The molecular weight excluding hydrogens is 446 g/mol. The quantitative estimate of drug-likeness (QED) is 0.286. The highest BCUT2D eigenvalue weighted by atomic mass is 32.1. The van der Waals surface area contributed by atoms with Crippen LogP contribution in [0.1, 0.15) is 28.6 Å². The van der Waals surface area contributed by atoms with Gasteiger partial charge in [0.2, 0.25) is 5.91 Å². The molecule has 0 saturated heterocycles. The summed E-state index contributed by atoms with van der Waals surface area (Å²) in [5, 5.41) is 14.3. The number of thiophene rings is 1. The maximum Gasteiger partial charge on any atom is 0.348 e. The number of carbonyl (C=O) groups is 3. The van der Waals surface area contributed by atoms with Crippen molar-refractivity contribution in [3.8, 4) is 0 Å². The lowest BCUT2D eigenvalue weighted by atomic mass is 10.2. The van der Waals surface area contributed by atoms with E-state index in [4.69, 9.17) is 4.74 Å². The maximum absolute atomic E-state index is 12.6. The van der Waals surface area contributed by atoms with Gasteiger partial charge in [-0.2, -0.15) is 0 Å². The van der Waals surface area contributed by atoms with Gasteiger partial charge in [0.25, 0.3) is 11.6 Å². The highest BCUT2D eigenvalue weighted by Gasteiger charge is 2.20. The number of aryl methyl sites for hydroxylation is 1. The Morgan fingerprint density at radius 2 is 1.91 bits per heavy atom. The fraction of sp³-hybridized carbons (Fsp3) is 0.261. The van der Waals surface area contributed by atoms with Crippen LogP contribution in [0, 0.1) is 17.0 Å². The normalized spacial score (nSPS) is 10.6. The zero-order valence-corrected chi connectivity index (χ0v) is 19.0. The number of nitro groups is 1. The lowest BCUT2D eigenvalue weighted by Crippen LogP contribution is -2.40. The Hall–Kier alpha value is -3.79. The van der Waals surface area contributed by atoms with E-state index in [1.165, 1.54) is 23.1 Å². The second kappa shape index (κ2) is 10.7. The molecule has 0 atom stereocenters. The van der Waals surface area contributed by atoms with Crippen molar-refractivity contribution in [2.24, 2.45) is 0 Å². The molecule has 33 heavy (non-hydrogen) atoms. The number of esters is 1. The van der Waals surface area contributed by atoms with Gasteiger partial charge in [0.1, 0.15) is 4.88 Å². The molecule has 2 aromatic carbocycles. The third-order valence-electron chi connectivity index (χ3n) is 4.84. The van der Waals surface area contributed by atoms with E-state index in [-0.39, 0.29) is 23.0 Å². The van der Waals surface area contributed by atoms with Gasteiger partial charge in [-0.15, -0.1) is 11.3 Å². The van der Waals surface area contributed by atoms with Crippen molar-refractivity contribution in [2.75, 3.05) is 25.0 Å². The van der Waals surface area contributed by atoms with E-state index in [9.17, 15) is 24.5 Å². The number of rotatable bonds is 9. The minimum Gasteiger partial charge on any atom is -0.451 e. The number of hydrogen-bond donors (Lipinski definition) is 1. The molecule has 0 bridgehead atoms. The summed E-state index contributed by atoms with van der Waals surface area (Å²) in [5.41, 5.74) is 1.50. The van der Waals surface area contributed by atoms with Crippen LogP contribution in [0.2, 0.25) is 0 Å². The van der Waals surface area contributed by atoms with Gasteiger partial charge in [-0.05, 0) is 37.1 Å². The molecule has 3 rings (SSSR count). The maximum atomic E-state index is 12.6. The number of benzene rings is 2. The van der Waals surface area contributed by atoms with E-state index in [1.807, 2.05) is 32.0 Å². The van der Waals surface area contributed by atoms with Gasteiger partial charge in [0, 0.05) is 34.5 Å². The van der Waals surface area contributed by atoms with Crippen LogP contribution in [-0.4, -0.2) is 47.3 Å². The molecule has 0 radical (unpaired) electrons. The van der Waals surface area contributed by atoms with Crippen LogP contribution in [0.3, 0.4) is 0 Å². The molecule has 1 aromatic heterocycles. The van der Waals surface area contributed by atoms with Crippen molar-refractivity contribution in [3.63, 3.8) is 0 Å². The lowest BCUT2D eigenvalue weighted by Gasteiger charge is -2.21. The van der Waals surface area contributed by atoms with Crippen molar-refractivity contribution in [3.05, 3.63) is 69.1 Å². The standard InChI is InChI=1S/C23H23N3O6S/c1-3-10-25(13-21(27)24-18-7-5-4-6-15(18)2)22(28)14-32-23(29)20-12-16-11-17(26(30)31)8-9-19(16)33-20/h4-9,11-12H,3,10,13-14H2,1-2H3,(H,24,27). The van der Waals surface area contributed by atoms with Gasteiger partial charge in [-0.3, -0.25) is 19.7 Å². The average molecular weight is 470 g/mol. The highest BCUT2D eigenvalue weighted by Crippen LogP contribution is 2.29. The molecule has 0 unspecified atom stereocenters. The highest BCUT2D eigenvalue weighted by molar-refractivity contribution is 7.20. The summed E-state index contributed by atoms with van der Waals surface area (Å²) in [5.74, 6) is -1.53. The summed E-state index contributed by atoms with van der Waals surface area (Å²) in [6, 6.07) is 13.1. The Balaban J connectivity index is 1.60. The Morgan fingerprint density at radius 1 is 1.15 bits per heavy atom. The number of nitrogens with zero attached hydrogens (tertiary/aromatic N) is 2. The number of nitro benzene ring substituents is 1. The zero-order chi connectivity index (χ0) is 24.0. The molecule has 0 fully saturated rings. The number of non-ortho nitro benzene ring substituents is 1. The molecule has 0 saturated carbocycles. The largest absolute Gasteiger partial charge is 0.451 e. The summed E-state index contributed by atoms with van der Waals surface area (Å²) >= 11 is 1.12. The molecular formula is C23H23N3O6S. The van der Waals surface area contributed by atoms with Crippen LogP contribution in [0.25, 0.3) is 10.1 Å². The number of fused-ring (bicyclic) bond motifs is 1. The predicted octanol–water partition coefficient (Wildman–Crippen LogP) is 4.15. The van der Waals surface area contributed by atoms with E-state index in [0.29, 0.717) is 28.7 Å². The molecule has 9 nitrogen and oxygen atoms in total. The van der Waals surface area contributed by atoms with Gasteiger partial charge in [-0.1, -0.05) is 25.1 Å². The predicted molar refractivity (Wildman–Crippen MR) is 125 cm³/mol. The topological polar surface area (TPSA) is 119 Å². The summed E-state index contributed by atoms with van der Waals surface area (Å²) in [7, 11) is 0. The van der Waals surface area contributed by atoms with Crippen molar-refractivity contribution in [1.82, 2.24) is 4.90 Å². The summed E-state index contributed by atoms with van der Waals surface area (Å²) in [6.45, 7) is 3.41. The van der Waals surface area contributed by atoms with Gasteiger partial charge >= 0.3 is 5.97 Å². The number of carbonyl (C=O) groups excluding carboxylic acids is 3. The van der Waals surface area contributed by atoms with Crippen LogP contribution in [0.15, 0.2) is 48.5 Å². The Labute approximate surface area is 194 Å². The zero-order valence-electron chi connectivity index (χ0n) is 18.2. The van der Waals surface area contributed by atoms with Gasteiger partial charge < -0.3 is 15.0 Å². The van der Waals surface area contributed by atoms with Crippen LogP contribution >= 0.6 is 11.3 Å². The van der Waals surface area contributed by atoms with Crippen molar-refractivity contribution >= 4 is 50.6 Å². The second-order valence-corrected chi connectivity index (χ2v) is 8.43. The average Bonchev–Trinajstić information content (AvgIpc) is 3.22. The van der Waals surface area contributed by atoms with E-state index >= 15 is 0 Å². The third kappa shape index (κ3) is 6.13. The van der Waals surface area contributed by atoms with Crippen molar-refractivity contribution < 1.29 is 24.0 Å². The number of ether oxygens (including phenoxy) is 1. The molecule has 0 aliphatic rings. The first-order valence-corrected chi connectivity index (χ1v) is 11.1. The number of hydrogen-bond acceptors (Lipinski definition) is 7. The van der Waals surface area contributed by atoms with Crippen LogP contribution in [0.5, 0.6) is 0 Å². The Kier molecular flexibility index (Phi) is 7.73. The molecule has 3 aromatic rings. The van der Waals surface area contributed by atoms with E-state index in [1.54, 1.807) is 12.1 Å². The first kappa shape index (κ1) is 23.9. The minimum absolute atomic E-state index is 0.0745. The van der Waals surface area contributed by atoms with Crippen molar-refractivity contribution in [2.45, 2.75) is 20.3 Å². The van der Waals surface area contributed by atoms with Crippen molar-refractivity contribution in [1.29, 1.82) is 0 Å². The van der Waals surface area contributed by atoms with Gasteiger partial charge in [-0.25, -0.2) is 4.79 Å². The fourth-order valence-electron chi connectivity index (χ4n) is 3.17. The number of amides is 2. The molecule has 0 aliphatic carbocycles. The van der Waals surface area contributed by atoms with Gasteiger partial charge in [0.05, 0.1) is 11.5 Å². The van der Waals surface area contributed by atoms with E-state index < -0.39 is 23.4 Å². The Morgan fingerprint density at radius 3 is 2.61 bits per heavy atom. The molecule has 1 N–H and O–H groups in total. The molecule has 0 spiro atoms. The number of nitrogens with one attached hydrogen (secondary N) is 1. The fourth-order valence-corrected chi connectivity index (χ4v) is 4.11. The number of para-hydroxylation sites is 1. The smallest absolute Gasteiger partial charge is 0.348 e. The number of anilines is 1. The van der Waals surface area contributed by atoms with Crippen LogP contribution in [0.4, 0.5) is 11.4 Å². The Bertz CT molecular complexity index is 1210. The monoisotopic (exact) mass is 469 g/mol. The van der Waals surface area contributed by atoms with Gasteiger partial charge in [0.15, 0.2) is 6.61 Å². The third-order valence-corrected chi connectivity index (χ3v) is 5.93. The van der Waals surface area contributed by atoms with Crippen LogP contribution < -0.4 is 5.32 Å². The molecule has 0 aliphatic heterocycles. The molecule has 10 heteroatoms. The van der Waals surface area contributed by atoms with E-state index in [0.717, 1.165) is 16.9 Å².